The Kier molecular flexibility index (Phi) is 3.83. The summed E-state index contributed by atoms with van der Waals surface area (Å²) in [6, 6.07) is 7.62. The molecule has 1 aliphatic rings. The van der Waals surface area contributed by atoms with E-state index in [-0.39, 0.29) is 5.57 Å². The van der Waals surface area contributed by atoms with Crippen molar-refractivity contribution in [3.8, 4) is 11.8 Å². The molecule has 0 aromatic heterocycles. The first-order chi connectivity index (χ1) is 9.21. The van der Waals surface area contributed by atoms with Crippen molar-refractivity contribution in [1.29, 1.82) is 5.26 Å². The number of aryl methyl sites for hydroxylation is 1. The Bertz CT molecular complexity index is 585. The number of ether oxygens (including phenoxy) is 1. The molecule has 0 bridgehead atoms. The van der Waals surface area contributed by atoms with E-state index >= 15 is 0 Å². The van der Waals surface area contributed by atoms with Crippen LogP contribution in [0, 0.1) is 11.3 Å². The number of carbonyl (C=O) groups excluding carboxylic acids is 1. The summed E-state index contributed by atoms with van der Waals surface area (Å²) in [7, 11) is 1.61. The topological polar surface area (TPSA) is 88.1 Å². The average Bonchev–Trinajstić information content (AvgIpc) is 2.47. The highest BCUT2D eigenvalue weighted by Gasteiger charge is 2.21. The van der Waals surface area contributed by atoms with Gasteiger partial charge >= 0.3 is 0 Å². The summed E-state index contributed by atoms with van der Waals surface area (Å²) in [5, 5.41) is 9.16. The third-order valence-electron chi connectivity index (χ3n) is 3.28. The fraction of sp³-hybridized carbons (Fsp3) is 0.286. The molecule has 0 unspecified atom stereocenters. The predicted molar refractivity (Wildman–Crippen MR) is 70.8 cm³/mol. The number of hydrogen-bond donors (Lipinski definition) is 2. The maximum atomic E-state index is 11.6. The van der Waals surface area contributed by atoms with E-state index in [9.17, 15) is 4.79 Å². The summed E-state index contributed by atoms with van der Waals surface area (Å²) >= 11 is 0. The van der Waals surface area contributed by atoms with Crippen molar-refractivity contribution < 1.29 is 9.53 Å². The third-order valence-corrected chi connectivity index (χ3v) is 3.28. The van der Waals surface area contributed by atoms with Gasteiger partial charge in [0.25, 0.3) is 5.91 Å². The van der Waals surface area contributed by atoms with Crippen molar-refractivity contribution in [1.82, 2.24) is 5.43 Å². The van der Waals surface area contributed by atoms with Crippen molar-refractivity contribution in [3.63, 3.8) is 0 Å². The number of nitriles is 1. The van der Waals surface area contributed by atoms with Crippen LogP contribution in [0.3, 0.4) is 0 Å². The van der Waals surface area contributed by atoms with Gasteiger partial charge in [-0.3, -0.25) is 10.2 Å². The lowest BCUT2D eigenvalue weighted by Gasteiger charge is -2.20. The number of benzene rings is 1. The second-order valence-electron chi connectivity index (χ2n) is 4.32. The monoisotopic (exact) mass is 257 g/mol. The first-order valence-electron chi connectivity index (χ1n) is 6.02. The van der Waals surface area contributed by atoms with E-state index in [1.165, 1.54) is 0 Å². The average molecular weight is 257 g/mol. The van der Waals surface area contributed by atoms with Gasteiger partial charge in [0, 0.05) is 0 Å². The van der Waals surface area contributed by atoms with Crippen LogP contribution in [-0.4, -0.2) is 13.0 Å². The fourth-order valence-electron chi connectivity index (χ4n) is 2.38. The molecule has 5 nitrogen and oxygen atoms in total. The van der Waals surface area contributed by atoms with Gasteiger partial charge in [0.2, 0.25) is 0 Å². The van der Waals surface area contributed by atoms with E-state index < -0.39 is 5.91 Å². The number of nitrogens with zero attached hydrogens (tertiary/aromatic N) is 1. The number of hydrogen-bond acceptors (Lipinski definition) is 4. The van der Waals surface area contributed by atoms with Crippen LogP contribution in [0.5, 0.6) is 5.75 Å². The minimum Gasteiger partial charge on any atom is -0.497 e. The minimum absolute atomic E-state index is 0.0913. The molecular formula is C14H15N3O2. The van der Waals surface area contributed by atoms with Crippen LogP contribution in [-0.2, 0) is 11.2 Å². The number of carbonyl (C=O) groups is 1. The molecule has 5 heteroatoms. The molecule has 0 aliphatic heterocycles. The molecule has 0 heterocycles. The molecule has 2 rings (SSSR count). The summed E-state index contributed by atoms with van der Waals surface area (Å²) in [6.07, 6.45) is 2.52. The molecule has 19 heavy (non-hydrogen) atoms. The number of hydrazine groups is 1. The van der Waals surface area contributed by atoms with Crippen molar-refractivity contribution in [2.75, 3.05) is 7.11 Å². The number of allylic oxidation sites excluding steroid dienone is 1. The highest BCUT2D eigenvalue weighted by molar-refractivity contribution is 6.05. The van der Waals surface area contributed by atoms with Crippen molar-refractivity contribution in [2.24, 2.45) is 5.84 Å². The van der Waals surface area contributed by atoms with Gasteiger partial charge in [-0.05, 0) is 48.1 Å². The molecule has 0 spiro atoms. The van der Waals surface area contributed by atoms with Crippen molar-refractivity contribution in [2.45, 2.75) is 19.3 Å². The van der Waals surface area contributed by atoms with Crippen LogP contribution in [0.1, 0.15) is 24.0 Å². The maximum absolute atomic E-state index is 11.6. The van der Waals surface area contributed by atoms with Crippen LogP contribution in [0.15, 0.2) is 23.8 Å². The Balaban J connectivity index is 2.56. The summed E-state index contributed by atoms with van der Waals surface area (Å²) in [5.74, 6) is 5.35. The fourth-order valence-corrected chi connectivity index (χ4v) is 2.38. The lowest BCUT2D eigenvalue weighted by Crippen LogP contribution is -2.31. The molecule has 0 fully saturated rings. The first-order valence-corrected chi connectivity index (χ1v) is 6.02. The molecule has 0 atom stereocenters. The van der Waals surface area contributed by atoms with E-state index in [0.717, 1.165) is 35.3 Å². The van der Waals surface area contributed by atoms with Crippen molar-refractivity contribution in [3.05, 3.63) is 34.9 Å². The van der Waals surface area contributed by atoms with E-state index in [2.05, 4.69) is 0 Å². The van der Waals surface area contributed by atoms with Gasteiger partial charge in [0.1, 0.15) is 17.4 Å². The van der Waals surface area contributed by atoms with E-state index in [4.69, 9.17) is 15.8 Å². The Morgan fingerprint density at radius 2 is 2.26 bits per heavy atom. The summed E-state index contributed by atoms with van der Waals surface area (Å²) in [6.45, 7) is 0. The molecule has 0 radical (unpaired) electrons. The highest BCUT2D eigenvalue weighted by atomic mass is 16.5. The minimum atomic E-state index is -0.541. The highest BCUT2D eigenvalue weighted by Crippen LogP contribution is 2.34. The zero-order valence-electron chi connectivity index (χ0n) is 10.7. The number of rotatable bonds is 2. The van der Waals surface area contributed by atoms with Crippen LogP contribution >= 0.6 is 0 Å². The number of nitrogens with two attached hydrogens (primary N) is 1. The molecule has 1 aromatic rings. The standard InChI is InChI=1S/C14H15N3O2/c1-19-10-5-6-11-9(7-10)3-2-4-12(11)13(8-15)14(18)17-16/h5-7H,2-4,16H2,1H3,(H,17,18). The SMILES string of the molecule is COc1ccc2c(c1)CCCC2=C(C#N)C(=O)NN. The van der Waals surface area contributed by atoms with E-state index in [1.807, 2.05) is 29.7 Å². The summed E-state index contributed by atoms with van der Waals surface area (Å²) in [5.41, 5.74) is 4.91. The van der Waals surface area contributed by atoms with Crippen LogP contribution in [0.4, 0.5) is 0 Å². The zero-order chi connectivity index (χ0) is 13.8. The molecule has 3 N–H and O–H groups in total. The Morgan fingerprint density at radius 3 is 2.89 bits per heavy atom. The molecule has 1 aromatic carbocycles. The second-order valence-corrected chi connectivity index (χ2v) is 4.32. The number of nitrogens with one attached hydrogen (secondary N) is 1. The van der Waals surface area contributed by atoms with E-state index in [1.54, 1.807) is 7.11 Å². The smallest absolute Gasteiger partial charge is 0.276 e. The molecule has 98 valence electrons. The molecule has 1 amide bonds. The molecule has 1 aliphatic carbocycles. The normalized spacial score (nSPS) is 16.1. The number of methoxy groups -OCH3 is 1. The van der Waals surface area contributed by atoms with Gasteiger partial charge in [-0.15, -0.1) is 0 Å². The third kappa shape index (κ3) is 2.44. The van der Waals surface area contributed by atoms with Gasteiger partial charge < -0.3 is 4.74 Å². The van der Waals surface area contributed by atoms with Gasteiger partial charge in [-0.25, -0.2) is 5.84 Å². The summed E-state index contributed by atoms with van der Waals surface area (Å²) < 4.78 is 5.19. The molecule has 0 saturated heterocycles. The maximum Gasteiger partial charge on any atom is 0.276 e. The van der Waals surface area contributed by atoms with E-state index in [0.29, 0.717) is 6.42 Å². The lowest BCUT2D eigenvalue weighted by molar-refractivity contribution is -0.117. The number of amides is 1. The van der Waals surface area contributed by atoms with Gasteiger partial charge in [0.15, 0.2) is 0 Å². The van der Waals surface area contributed by atoms with Gasteiger partial charge in [-0.1, -0.05) is 6.07 Å². The first kappa shape index (κ1) is 13.1. The van der Waals surface area contributed by atoms with Crippen LogP contribution in [0.25, 0.3) is 5.57 Å². The number of fused-ring (bicyclic) bond motifs is 1. The lowest BCUT2D eigenvalue weighted by atomic mass is 9.84. The van der Waals surface area contributed by atoms with Gasteiger partial charge in [-0.2, -0.15) is 5.26 Å². The molecule has 0 saturated carbocycles. The van der Waals surface area contributed by atoms with Crippen LogP contribution < -0.4 is 16.0 Å². The Hall–Kier alpha value is -2.32. The largest absolute Gasteiger partial charge is 0.497 e. The molecular weight excluding hydrogens is 242 g/mol. The Labute approximate surface area is 111 Å². The quantitative estimate of drug-likeness (QED) is 0.275. The second kappa shape index (κ2) is 5.55. The van der Waals surface area contributed by atoms with Crippen LogP contribution in [0.2, 0.25) is 0 Å². The predicted octanol–water partition coefficient (Wildman–Crippen LogP) is 1.30. The summed E-state index contributed by atoms with van der Waals surface area (Å²) in [4.78, 5) is 11.6. The Morgan fingerprint density at radius 1 is 1.47 bits per heavy atom. The zero-order valence-corrected chi connectivity index (χ0v) is 10.7. The van der Waals surface area contributed by atoms with Gasteiger partial charge in [0.05, 0.1) is 7.11 Å². The van der Waals surface area contributed by atoms with Crippen molar-refractivity contribution >= 4 is 11.5 Å².